The zero-order valence-corrected chi connectivity index (χ0v) is 11.0. The highest BCUT2D eigenvalue weighted by molar-refractivity contribution is 5.41. The van der Waals surface area contributed by atoms with Crippen molar-refractivity contribution in [3.63, 3.8) is 0 Å². The monoisotopic (exact) mass is 247 g/mol. The summed E-state index contributed by atoms with van der Waals surface area (Å²) in [6.45, 7) is 6.41. The third-order valence-corrected chi connectivity index (χ3v) is 3.37. The van der Waals surface area contributed by atoms with E-state index in [1.165, 1.54) is 12.4 Å². The van der Waals surface area contributed by atoms with Crippen molar-refractivity contribution in [1.29, 1.82) is 0 Å². The molecule has 0 N–H and O–H groups in total. The number of benzene rings is 1. The molecule has 18 heavy (non-hydrogen) atoms. The summed E-state index contributed by atoms with van der Waals surface area (Å²) in [5.74, 6) is -0.176. The molecule has 4 heteroatoms. The van der Waals surface area contributed by atoms with E-state index in [9.17, 15) is 4.39 Å². The molecule has 0 saturated carbocycles. The van der Waals surface area contributed by atoms with Gasteiger partial charge in [0.2, 0.25) is 0 Å². The fourth-order valence-electron chi connectivity index (χ4n) is 1.87. The zero-order chi connectivity index (χ0) is 13.2. The van der Waals surface area contributed by atoms with Crippen LogP contribution in [-0.4, -0.2) is 14.8 Å². The van der Waals surface area contributed by atoms with Gasteiger partial charge in [-0.2, -0.15) is 5.10 Å². The van der Waals surface area contributed by atoms with Gasteiger partial charge in [0.05, 0.1) is 5.69 Å². The molecule has 3 nitrogen and oxygen atoms in total. The van der Waals surface area contributed by atoms with Crippen molar-refractivity contribution in [2.24, 2.45) is 5.41 Å². The molecule has 0 radical (unpaired) electrons. The maximum atomic E-state index is 14.0. The van der Waals surface area contributed by atoms with Crippen LogP contribution in [-0.2, 0) is 6.42 Å². The summed E-state index contributed by atoms with van der Waals surface area (Å²) >= 11 is 0. The molecule has 0 aliphatic carbocycles. The van der Waals surface area contributed by atoms with Crippen molar-refractivity contribution in [1.82, 2.24) is 14.8 Å². The molecule has 0 aliphatic heterocycles. The molecule has 1 aromatic carbocycles. The van der Waals surface area contributed by atoms with Gasteiger partial charge in [0, 0.05) is 5.56 Å². The molecular formula is C14H18FN3. The molecule has 0 bridgehead atoms. The first-order chi connectivity index (χ1) is 8.53. The first-order valence-electron chi connectivity index (χ1n) is 6.16. The average molecular weight is 247 g/mol. The van der Waals surface area contributed by atoms with E-state index in [0.717, 1.165) is 12.1 Å². The first kappa shape index (κ1) is 12.7. The summed E-state index contributed by atoms with van der Waals surface area (Å²) in [4.78, 5) is 3.92. The maximum absolute atomic E-state index is 14.0. The molecule has 2 aromatic rings. The first-order valence-corrected chi connectivity index (χ1v) is 6.16. The van der Waals surface area contributed by atoms with Gasteiger partial charge in [-0.3, -0.25) is 0 Å². The van der Waals surface area contributed by atoms with Crippen LogP contribution in [0.15, 0.2) is 30.9 Å². The normalized spacial score (nSPS) is 11.8. The third-order valence-electron chi connectivity index (χ3n) is 3.37. The molecule has 1 heterocycles. The topological polar surface area (TPSA) is 30.7 Å². The average Bonchev–Trinajstić information content (AvgIpc) is 2.85. The number of hydrogen-bond acceptors (Lipinski definition) is 2. The number of hydrogen-bond donors (Lipinski definition) is 0. The molecular weight excluding hydrogens is 229 g/mol. The lowest BCUT2D eigenvalue weighted by molar-refractivity contribution is 0.343. The van der Waals surface area contributed by atoms with Gasteiger partial charge in [-0.15, -0.1) is 0 Å². The van der Waals surface area contributed by atoms with Gasteiger partial charge < -0.3 is 0 Å². The van der Waals surface area contributed by atoms with Crippen molar-refractivity contribution < 1.29 is 4.39 Å². The molecule has 0 atom stereocenters. The van der Waals surface area contributed by atoms with Gasteiger partial charge in [0.15, 0.2) is 0 Å². The van der Waals surface area contributed by atoms with Gasteiger partial charge in [0.1, 0.15) is 18.5 Å². The third kappa shape index (κ3) is 2.58. The second-order valence-electron chi connectivity index (χ2n) is 5.27. The Bertz CT molecular complexity index is 518. The van der Waals surface area contributed by atoms with Crippen LogP contribution in [0.1, 0.15) is 32.8 Å². The van der Waals surface area contributed by atoms with Gasteiger partial charge >= 0.3 is 0 Å². The fraction of sp³-hybridized carbons (Fsp3) is 0.429. The van der Waals surface area contributed by atoms with E-state index >= 15 is 0 Å². The molecule has 0 amide bonds. The highest BCUT2D eigenvalue weighted by Crippen LogP contribution is 2.29. The van der Waals surface area contributed by atoms with Crippen LogP contribution in [0, 0.1) is 11.2 Å². The Kier molecular flexibility index (Phi) is 3.45. The summed E-state index contributed by atoms with van der Waals surface area (Å²) < 4.78 is 15.7. The summed E-state index contributed by atoms with van der Waals surface area (Å²) in [6, 6.07) is 5.08. The van der Waals surface area contributed by atoms with E-state index in [1.807, 2.05) is 6.07 Å². The van der Waals surface area contributed by atoms with Crippen molar-refractivity contribution >= 4 is 0 Å². The van der Waals surface area contributed by atoms with Crippen LogP contribution < -0.4 is 0 Å². The van der Waals surface area contributed by atoms with Crippen LogP contribution in [0.4, 0.5) is 4.39 Å². The van der Waals surface area contributed by atoms with Crippen LogP contribution in [0.25, 0.3) is 5.69 Å². The lowest BCUT2D eigenvalue weighted by Crippen LogP contribution is -2.16. The second kappa shape index (κ2) is 4.88. The molecule has 1 aromatic heterocycles. The van der Waals surface area contributed by atoms with Crippen molar-refractivity contribution in [3.05, 3.63) is 42.2 Å². The summed E-state index contributed by atoms with van der Waals surface area (Å²) in [5.41, 5.74) is 1.54. The Morgan fingerprint density at radius 1 is 1.33 bits per heavy atom. The van der Waals surface area contributed by atoms with Crippen LogP contribution >= 0.6 is 0 Å². The van der Waals surface area contributed by atoms with Crippen LogP contribution in [0.5, 0.6) is 0 Å². The Balaban J connectivity index is 2.46. The predicted molar refractivity (Wildman–Crippen MR) is 69.1 cm³/mol. The zero-order valence-electron chi connectivity index (χ0n) is 11.0. The SMILES string of the molecule is CCC(C)(C)Cc1c(F)cccc1-n1cncn1. The Morgan fingerprint density at radius 3 is 2.72 bits per heavy atom. The minimum Gasteiger partial charge on any atom is -0.223 e. The highest BCUT2D eigenvalue weighted by Gasteiger charge is 2.21. The predicted octanol–water partition coefficient (Wildman–Crippen LogP) is 3.39. The Hall–Kier alpha value is -1.71. The Morgan fingerprint density at radius 2 is 2.11 bits per heavy atom. The second-order valence-corrected chi connectivity index (χ2v) is 5.27. The van der Waals surface area contributed by atoms with Gasteiger partial charge in [-0.25, -0.2) is 14.1 Å². The molecule has 0 unspecified atom stereocenters. The summed E-state index contributed by atoms with van der Waals surface area (Å²) in [7, 11) is 0. The van der Waals surface area contributed by atoms with Gasteiger partial charge in [-0.05, 0) is 24.0 Å². The number of halogens is 1. The minimum absolute atomic E-state index is 0.0670. The molecule has 0 fully saturated rings. The molecule has 0 spiro atoms. The van der Waals surface area contributed by atoms with E-state index in [1.54, 1.807) is 17.1 Å². The van der Waals surface area contributed by atoms with Crippen LogP contribution in [0.2, 0.25) is 0 Å². The van der Waals surface area contributed by atoms with Gasteiger partial charge in [-0.1, -0.05) is 33.3 Å². The van der Waals surface area contributed by atoms with Crippen molar-refractivity contribution in [2.75, 3.05) is 0 Å². The lowest BCUT2D eigenvalue weighted by atomic mass is 9.83. The maximum Gasteiger partial charge on any atom is 0.138 e. The number of rotatable bonds is 4. The number of nitrogens with zero attached hydrogens (tertiary/aromatic N) is 3. The fourth-order valence-corrected chi connectivity index (χ4v) is 1.87. The quantitative estimate of drug-likeness (QED) is 0.829. The highest BCUT2D eigenvalue weighted by atomic mass is 19.1. The number of aromatic nitrogens is 3. The van der Waals surface area contributed by atoms with E-state index in [0.29, 0.717) is 12.0 Å². The van der Waals surface area contributed by atoms with Gasteiger partial charge in [0.25, 0.3) is 0 Å². The Labute approximate surface area is 107 Å². The standard InChI is InChI=1S/C14H18FN3/c1-4-14(2,3)8-11-12(15)6-5-7-13(11)18-10-16-9-17-18/h5-7,9-10H,4,8H2,1-3H3. The van der Waals surface area contributed by atoms with Crippen molar-refractivity contribution in [3.8, 4) is 5.69 Å². The largest absolute Gasteiger partial charge is 0.223 e. The smallest absolute Gasteiger partial charge is 0.138 e. The molecule has 96 valence electrons. The molecule has 0 saturated heterocycles. The van der Waals surface area contributed by atoms with E-state index in [4.69, 9.17) is 0 Å². The lowest BCUT2D eigenvalue weighted by Gasteiger charge is -2.24. The van der Waals surface area contributed by atoms with E-state index in [2.05, 4.69) is 30.9 Å². The molecule has 2 rings (SSSR count). The van der Waals surface area contributed by atoms with E-state index in [-0.39, 0.29) is 11.2 Å². The van der Waals surface area contributed by atoms with Crippen LogP contribution in [0.3, 0.4) is 0 Å². The minimum atomic E-state index is -0.176. The van der Waals surface area contributed by atoms with Crippen molar-refractivity contribution in [2.45, 2.75) is 33.6 Å². The summed E-state index contributed by atoms with van der Waals surface area (Å²) in [6.07, 6.45) is 4.74. The summed E-state index contributed by atoms with van der Waals surface area (Å²) in [5, 5.41) is 4.08. The molecule has 0 aliphatic rings. The van der Waals surface area contributed by atoms with E-state index < -0.39 is 0 Å².